The molecule has 0 aromatic heterocycles. The summed E-state index contributed by atoms with van der Waals surface area (Å²) in [6, 6.07) is 10.1. The first-order valence-electron chi connectivity index (χ1n) is 12.7. The summed E-state index contributed by atoms with van der Waals surface area (Å²) < 4.78 is 46.1. The van der Waals surface area contributed by atoms with Crippen LogP contribution in [0.2, 0.25) is 0 Å². The van der Waals surface area contributed by atoms with E-state index < -0.39 is 34.9 Å². The van der Waals surface area contributed by atoms with Gasteiger partial charge < -0.3 is 9.64 Å². The minimum absolute atomic E-state index is 0.188. The highest BCUT2D eigenvalue weighted by atomic mass is 19.4. The van der Waals surface area contributed by atoms with Crippen molar-refractivity contribution in [2.45, 2.75) is 57.8 Å². The topological polar surface area (TPSA) is 57.5 Å². The average molecular weight is 529 g/mol. The number of rotatable bonds is 8. The van der Waals surface area contributed by atoms with E-state index in [4.69, 9.17) is 11.3 Å². The summed E-state index contributed by atoms with van der Waals surface area (Å²) in [6.45, 7) is 13.8. The van der Waals surface area contributed by atoms with Crippen molar-refractivity contribution in [2.24, 2.45) is 0 Å². The van der Waals surface area contributed by atoms with E-state index in [-0.39, 0.29) is 12.2 Å². The van der Waals surface area contributed by atoms with E-state index >= 15 is 0 Å². The van der Waals surface area contributed by atoms with Gasteiger partial charge in [0.2, 0.25) is 0 Å². The number of anilines is 1. The third-order valence-corrected chi connectivity index (χ3v) is 7.06. The lowest BCUT2D eigenvalue weighted by Crippen LogP contribution is -2.44. The van der Waals surface area contributed by atoms with Crippen LogP contribution in [0.1, 0.15) is 50.7 Å². The third-order valence-electron chi connectivity index (χ3n) is 7.06. The molecule has 0 bridgehead atoms. The van der Waals surface area contributed by atoms with Gasteiger partial charge in [0.1, 0.15) is 11.3 Å². The van der Waals surface area contributed by atoms with Crippen molar-refractivity contribution in [2.75, 3.05) is 31.1 Å². The van der Waals surface area contributed by atoms with Crippen LogP contribution in [0.3, 0.4) is 0 Å². The number of benzene rings is 2. The fraction of sp³-hybridized carbons (Fsp3) is 0.464. The zero-order chi connectivity index (χ0) is 27.5. The predicted octanol–water partition coefficient (Wildman–Crippen LogP) is 6.26. The maximum Gasteiger partial charge on any atom is 0.407 e. The molecule has 0 saturated carbocycles. The van der Waals surface area contributed by atoms with Crippen LogP contribution in [0.15, 0.2) is 42.5 Å². The van der Waals surface area contributed by atoms with E-state index in [9.17, 15) is 22.8 Å². The van der Waals surface area contributed by atoms with Gasteiger partial charge in [0, 0.05) is 13.1 Å². The third kappa shape index (κ3) is 5.78. The van der Waals surface area contributed by atoms with Crippen molar-refractivity contribution in [1.29, 1.82) is 0 Å². The summed E-state index contributed by atoms with van der Waals surface area (Å²) >= 11 is 0. The molecule has 4 rings (SSSR count). The fourth-order valence-corrected chi connectivity index (χ4v) is 4.91. The number of hydrogen-bond acceptors (Lipinski definition) is 4. The number of likely N-dealkylation sites (tertiary alicyclic amines) is 1. The summed E-state index contributed by atoms with van der Waals surface area (Å²) in [6.07, 6.45) is -0.588. The normalized spacial score (nSPS) is 18.1. The highest BCUT2D eigenvalue weighted by Gasteiger charge is 2.51. The van der Waals surface area contributed by atoms with E-state index in [1.807, 2.05) is 24.3 Å². The molecule has 7 nitrogen and oxygen atoms in total. The SMILES string of the molecule is [C-]#[N+]c1ccc(N2C(=O)N(CCCOc3ccc(CN4CCCCC4)cc3)C(C)(C)C2=O)cc1C(F)(F)F. The molecule has 2 fully saturated rings. The van der Waals surface area contributed by atoms with E-state index in [0.29, 0.717) is 24.8 Å². The summed E-state index contributed by atoms with van der Waals surface area (Å²) in [7, 11) is 0. The van der Waals surface area contributed by atoms with Gasteiger partial charge in [0.25, 0.3) is 5.91 Å². The Morgan fingerprint density at radius 2 is 1.71 bits per heavy atom. The van der Waals surface area contributed by atoms with Crippen LogP contribution < -0.4 is 9.64 Å². The number of ether oxygens (including phenoxy) is 1. The average Bonchev–Trinajstić information content (AvgIpc) is 3.06. The molecule has 0 N–H and O–H groups in total. The Morgan fingerprint density at radius 3 is 2.34 bits per heavy atom. The van der Waals surface area contributed by atoms with Gasteiger partial charge in [-0.1, -0.05) is 24.6 Å². The maximum atomic E-state index is 13.4. The molecule has 0 radical (unpaired) electrons. The van der Waals surface area contributed by atoms with Crippen molar-refractivity contribution in [3.05, 3.63) is 65.0 Å². The zero-order valence-corrected chi connectivity index (χ0v) is 21.6. The molecule has 2 aliphatic heterocycles. The van der Waals surface area contributed by atoms with Gasteiger partial charge in [0.15, 0.2) is 5.69 Å². The van der Waals surface area contributed by atoms with Crippen LogP contribution in [0.4, 0.5) is 29.3 Å². The molecule has 0 aliphatic carbocycles. The molecule has 3 amide bonds. The maximum absolute atomic E-state index is 13.4. The summed E-state index contributed by atoms with van der Waals surface area (Å²) in [5.74, 6) is 0.0769. The van der Waals surface area contributed by atoms with Crippen molar-refractivity contribution in [3.63, 3.8) is 0 Å². The summed E-state index contributed by atoms with van der Waals surface area (Å²) in [5.41, 5.74) is -2.01. The number of alkyl halides is 3. The summed E-state index contributed by atoms with van der Waals surface area (Å²) in [5, 5.41) is 0. The first-order valence-corrected chi connectivity index (χ1v) is 12.7. The van der Waals surface area contributed by atoms with Crippen molar-refractivity contribution >= 4 is 23.3 Å². The molecule has 38 heavy (non-hydrogen) atoms. The molecule has 2 aromatic rings. The van der Waals surface area contributed by atoms with Gasteiger partial charge in [-0.15, -0.1) is 0 Å². The van der Waals surface area contributed by atoms with Crippen molar-refractivity contribution < 1.29 is 27.5 Å². The van der Waals surface area contributed by atoms with Crippen molar-refractivity contribution in [1.82, 2.24) is 9.80 Å². The Hall–Kier alpha value is -3.58. The van der Waals surface area contributed by atoms with Crippen LogP contribution in [0.5, 0.6) is 5.75 Å². The Kier molecular flexibility index (Phi) is 7.97. The van der Waals surface area contributed by atoms with E-state index in [0.717, 1.165) is 30.6 Å². The number of carbonyl (C=O) groups excluding carboxylic acids is 2. The van der Waals surface area contributed by atoms with Crippen LogP contribution in [0.25, 0.3) is 4.85 Å². The second-order valence-electron chi connectivity index (χ2n) is 10.1. The first kappa shape index (κ1) is 27.5. The number of hydrogen-bond donors (Lipinski definition) is 0. The number of piperidine rings is 1. The first-order chi connectivity index (χ1) is 18.0. The van der Waals surface area contributed by atoms with Crippen LogP contribution in [-0.2, 0) is 17.5 Å². The molecule has 0 unspecified atom stereocenters. The van der Waals surface area contributed by atoms with Gasteiger partial charge in [-0.3, -0.25) is 9.69 Å². The Bertz CT molecular complexity index is 1220. The second kappa shape index (κ2) is 11.0. The standard InChI is InChI=1S/C28H31F3N4O3/c1-27(2)25(36)35(21-10-13-24(32-3)23(18-21)28(29,30)31)26(37)34(27)16-7-17-38-22-11-8-20(9-12-22)19-33-14-5-4-6-15-33/h8-13,18H,4-7,14-17,19H2,1-2H3. The number of nitrogens with zero attached hydrogens (tertiary/aromatic N) is 4. The zero-order valence-electron chi connectivity index (χ0n) is 21.6. The Labute approximate surface area is 220 Å². The molecule has 10 heteroatoms. The Balaban J connectivity index is 1.36. The van der Waals surface area contributed by atoms with Gasteiger partial charge in [-0.05, 0) is 76.0 Å². The number of urea groups is 1. The monoisotopic (exact) mass is 528 g/mol. The van der Waals surface area contributed by atoms with E-state index in [1.54, 1.807) is 13.8 Å². The largest absolute Gasteiger partial charge is 0.494 e. The minimum Gasteiger partial charge on any atom is -0.494 e. The lowest BCUT2D eigenvalue weighted by Gasteiger charge is -2.27. The van der Waals surface area contributed by atoms with Crippen LogP contribution >= 0.6 is 0 Å². The summed E-state index contributed by atoms with van der Waals surface area (Å²) in [4.78, 5) is 33.7. The number of imide groups is 1. The molecule has 0 spiro atoms. The molecule has 2 aliphatic rings. The van der Waals surface area contributed by atoms with E-state index in [2.05, 4.69) is 9.74 Å². The van der Waals surface area contributed by atoms with Gasteiger partial charge >= 0.3 is 12.2 Å². The number of carbonyl (C=O) groups is 2. The lowest BCUT2D eigenvalue weighted by molar-refractivity contribution is -0.136. The minimum atomic E-state index is -4.79. The predicted molar refractivity (Wildman–Crippen MR) is 137 cm³/mol. The smallest absolute Gasteiger partial charge is 0.407 e. The fourth-order valence-electron chi connectivity index (χ4n) is 4.91. The van der Waals surface area contributed by atoms with Gasteiger partial charge in [-0.2, -0.15) is 13.2 Å². The second-order valence-corrected chi connectivity index (χ2v) is 10.1. The van der Waals surface area contributed by atoms with Crippen LogP contribution in [-0.4, -0.2) is 53.5 Å². The Morgan fingerprint density at radius 1 is 1.03 bits per heavy atom. The lowest BCUT2D eigenvalue weighted by atomic mass is 10.0. The molecule has 2 aromatic carbocycles. The molecule has 202 valence electrons. The van der Waals surface area contributed by atoms with E-state index in [1.165, 1.54) is 35.8 Å². The number of halogens is 3. The molecule has 0 atom stereocenters. The quantitative estimate of drug-likeness (QED) is 0.231. The van der Waals surface area contributed by atoms with Crippen molar-refractivity contribution in [3.8, 4) is 5.75 Å². The van der Waals surface area contributed by atoms with Gasteiger partial charge in [0.05, 0.1) is 24.4 Å². The highest BCUT2D eigenvalue weighted by molar-refractivity contribution is 6.23. The molecular weight excluding hydrogens is 497 g/mol. The molecule has 2 heterocycles. The van der Waals surface area contributed by atoms with Gasteiger partial charge in [-0.25, -0.2) is 14.5 Å². The molecule has 2 saturated heterocycles. The molecular formula is C28H31F3N4O3. The number of amides is 3. The van der Waals surface area contributed by atoms with Crippen LogP contribution in [0, 0.1) is 6.57 Å². The highest BCUT2D eigenvalue weighted by Crippen LogP contribution is 2.40.